The predicted octanol–water partition coefficient (Wildman–Crippen LogP) is 4.14. The maximum absolute atomic E-state index is 13.5. The second-order valence-electron chi connectivity index (χ2n) is 11.4. The number of hydrogen-bond acceptors (Lipinski definition) is 10. The van der Waals surface area contributed by atoms with E-state index in [2.05, 4.69) is 15.6 Å². The first kappa shape index (κ1) is 46.4. The number of alkyl halides is 6. The van der Waals surface area contributed by atoms with Gasteiger partial charge in [0.25, 0.3) is 5.56 Å². The molecular formula is C32H39F6N7O8S. The predicted molar refractivity (Wildman–Crippen MR) is 185 cm³/mol. The summed E-state index contributed by atoms with van der Waals surface area (Å²) in [7, 11) is -3.67. The summed E-state index contributed by atoms with van der Waals surface area (Å²) in [5.74, 6) is -5.93. The fourth-order valence-electron chi connectivity index (χ4n) is 4.30. The van der Waals surface area contributed by atoms with Crippen molar-refractivity contribution in [2.45, 2.75) is 82.2 Å². The Bertz CT molecular complexity index is 1940. The number of hydrogen-bond donors (Lipinski definition) is 7. The highest BCUT2D eigenvalue weighted by Crippen LogP contribution is 2.29. The molecule has 0 spiro atoms. The molecule has 0 radical (unpaired) electrons. The molecule has 0 saturated heterocycles. The summed E-state index contributed by atoms with van der Waals surface area (Å²) in [5.41, 5.74) is 13.3. The topological polar surface area (TPSA) is 261 Å². The van der Waals surface area contributed by atoms with Gasteiger partial charge in [0.1, 0.15) is 12.4 Å². The van der Waals surface area contributed by atoms with E-state index in [1.165, 1.54) is 22.9 Å². The van der Waals surface area contributed by atoms with Crippen LogP contribution in [-0.4, -0.2) is 75.5 Å². The Morgan fingerprint density at radius 1 is 0.944 bits per heavy atom. The lowest BCUT2D eigenvalue weighted by Crippen LogP contribution is -2.35. The van der Waals surface area contributed by atoms with Crippen molar-refractivity contribution in [1.82, 2.24) is 14.9 Å². The first-order valence-corrected chi connectivity index (χ1v) is 17.1. The zero-order chi connectivity index (χ0) is 41.8. The van der Waals surface area contributed by atoms with Crippen LogP contribution in [0.3, 0.4) is 0 Å². The van der Waals surface area contributed by atoms with Crippen molar-refractivity contribution >= 4 is 45.0 Å². The third-order valence-corrected chi connectivity index (χ3v) is 9.36. The van der Waals surface area contributed by atoms with Crippen molar-refractivity contribution in [2.24, 2.45) is 5.73 Å². The highest BCUT2D eigenvalue weighted by atomic mass is 32.2. The number of nitrogens with one attached hydrogen (secondary N) is 3. The summed E-state index contributed by atoms with van der Waals surface area (Å²) in [6.07, 6.45) is -7.84. The molecule has 298 valence electrons. The van der Waals surface area contributed by atoms with Gasteiger partial charge in [-0.25, -0.2) is 23.0 Å². The molecule has 0 fully saturated rings. The minimum atomic E-state index is -5.08. The number of carboxylic acid groups (broad SMARTS) is 2. The van der Waals surface area contributed by atoms with Gasteiger partial charge in [-0.3, -0.25) is 19.6 Å². The van der Waals surface area contributed by atoms with E-state index in [0.29, 0.717) is 24.0 Å². The van der Waals surface area contributed by atoms with Gasteiger partial charge in [-0.05, 0) is 50.5 Å². The third-order valence-electron chi connectivity index (χ3n) is 6.92. The number of nitrogens with two attached hydrogens (primary N) is 2. The minimum absolute atomic E-state index is 0.0524. The van der Waals surface area contributed by atoms with Crippen molar-refractivity contribution in [1.29, 1.82) is 5.41 Å². The molecule has 15 nitrogen and oxygen atoms in total. The Hall–Kier alpha value is -5.67. The number of nitrogen functional groups attached to an aromatic ring is 2. The Kier molecular flexibility index (Phi) is 16.7. The monoisotopic (exact) mass is 795 g/mol. The summed E-state index contributed by atoms with van der Waals surface area (Å²) in [6, 6.07) is 11.2. The fourth-order valence-corrected chi connectivity index (χ4v) is 6.16. The number of nitrogens with zero attached hydrogens (tertiary/aromatic N) is 2. The largest absolute Gasteiger partial charge is 0.490 e. The maximum atomic E-state index is 13.5. The second kappa shape index (κ2) is 19.4. The minimum Gasteiger partial charge on any atom is -0.475 e. The summed E-state index contributed by atoms with van der Waals surface area (Å²) in [6.45, 7) is 7.21. The van der Waals surface area contributed by atoms with Gasteiger partial charge in [-0.15, -0.1) is 0 Å². The Labute approximate surface area is 304 Å². The highest BCUT2D eigenvalue weighted by molar-refractivity contribution is 7.92. The van der Waals surface area contributed by atoms with E-state index in [1.807, 2.05) is 27.7 Å². The van der Waals surface area contributed by atoms with Crippen LogP contribution in [-0.2, 0) is 37.3 Å². The number of carbonyl (C=O) groups is 3. The molecule has 9 N–H and O–H groups in total. The van der Waals surface area contributed by atoms with Crippen LogP contribution in [0.25, 0.3) is 11.3 Å². The first-order valence-electron chi connectivity index (χ1n) is 15.6. The standard InChI is InChI=1S/C28H37N7O4S.2C2HF3O2/c1-5-22(6-2)40(38,39)23-12-20(11-21(29)13-23)24-15-33-27(34-17(3)4)28(37)35(24)16-25(36)32-14-18-7-9-19(10-8-18)26(30)31;2*3-2(4,5)1(6)7/h7-13,15,17,22H,5-6,14,16,29H2,1-4H3,(H3,30,31)(H,32,36)(H,33,34);2*(H,6,7). The van der Waals surface area contributed by atoms with Crippen LogP contribution >= 0.6 is 0 Å². The Balaban J connectivity index is 0.000000879. The maximum Gasteiger partial charge on any atom is 0.490 e. The number of amides is 1. The zero-order valence-electron chi connectivity index (χ0n) is 29.2. The van der Waals surface area contributed by atoms with E-state index < -0.39 is 50.8 Å². The molecule has 1 amide bonds. The van der Waals surface area contributed by atoms with Gasteiger partial charge < -0.3 is 32.3 Å². The van der Waals surface area contributed by atoms with Crippen LogP contribution in [0.4, 0.5) is 37.8 Å². The van der Waals surface area contributed by atoms with Crippen LogP contribution in [0.15, 0.2) is 58.4 Å². The molecule has 2 aromatic carbocycles. The van der Waals surface area contributed by atoms with Crippen LogP contribution in [0.2, 0.25) is 0 Å². The van der Waals surface area contributed by atoms with Gasteiger partial charge in [-0.1, -0.05) is 38.1 Å². The molecular weight excluding hydrogens is 756 g/mol. The SMILES string of the molecule is CCC(CC)S(=O)(=O)c1cc(N)cc(-c2cnc(NC(C)C)c(=O)n2CC(=O)NCc2ccc(C(=N)N)cc2)c1.O=C(O)C(F)(F)F.O=C(O)C(F)(F)F. The molecule has 3 rings (SSSR count). The van der Waals surface area contributed by atoms with Gasteiger partial charge >= 0.3 is 24.3 Å². The van der Waals surface area contributed by atoms with Gasteiger partial charge in [0.15, 0.2) is 15.7 Å². The second-order valence-corrected chi connectivity index (χ2v) is 13.7. The number of aromatic nitrogens is 2. The summed E-state index contributed by atoms with van der Waals surface area (Å²) >= 11 is 0. The van der Waals surface area contributed by atoms with Crippen LogP contribution in [0, 0.1) is 5.41 Å². The molecule has 54 heavy (non-hydrogen) atoms. The van der Waals surface area contributed by atoms with Crippen LogP contribution in [0.5, 0.6) is 0 Å². The van der Waals surface area contributed by atoms with Crippen molar-refractivity contribution in [2.75, 3.05) is 11.1 Å². The quantitative estimate of drug-likeness (QED) is 0.0591. The number of anilines is 2. The molecule has 0 atom stereocenters. The van der Waals surface area contributed by atoms with Gasteiger partial charge in [0, 0.05) is 29.4 Å². The molecule has 1 heterocycles. The molecule has 0 saturated carbocycles. The van der Waals surface area contributed by atoms with Crippen molar-refractivity contribution in [3.05, 3.63) is 70.1 Å². The van der Waals surface area contributed by atoms with Gasteiger partial charge in [-0.2, -0.15) is 26.3 Å². The van der Waals surface area contributed by atoms with E-state index in [4.69, 9.17) is 36.7 Å². The normalized spacial score (nSPS) is 11.5. The fraction of sp³-hybridized carbons (Fsp3) is 0.375. The smallest absolute Gasteiger partial charge is 0.475 e. The van der Waals surface area contributed by atoms with Crippen LogP contribution in [0.1, 0.15) is 51.7 Å². The summed E-state index contributed by atoms with van der Waals surface area (Å²) in [5, 5.41) is 27.0. The first-order chi connectivity index (χ1) is 24.8. The van der Waals surface area contributed by atoms with Crippen molar-refractivity contribution in [3.63, 3.8) is 0 Å². The summed E-state index contributed by atoms with van der Waals surface area (Å²) in [4.78, 5) is 48.6. The molecule has 1 aromatic heterocycles. The lowest BCUT2D eigenvalue weighted by Gasteiger charge is -2.18. The molecule has 3 aromatic rings. The highest BCUT2D eigenvalue weighted by Gasteiger charge is 2.39. The Morgan fingerprint density at radius 2 is 1.44 bits per heavy atom. The van der Waals surface area contributed by atoms with E-state index in [0.717, 1.165) is 5.56 Å². The number of benzene rings is 2. The van der Waals surface area contributed by atoms with E-state index in [-0.39, 0.29) is 47.1 Å². The molecule has 0 unspecified atom stereocenters. The number of sulfone groups is 1. The van der Waals surface area contributed by atoms with Gasteiger partial charge in [0.05, 0.1) is 22.0 Å². The van der Waals surface area contributed by atoms with E-state index >= 15 is 0 Å². The average molecular weight is 796 g/mol. The molecule has 0 aliphatic heterocycles. The molecule has 22 heteroatoms. The van der Waals surface area contributed by atoms with E-state index in [1.54, 1.807) is 30.3 Å². The van der Waals surface area contributed by atoms with Crippen molar-refractivity contribution in [3.8, 4) is 11.3 Å². The number of rotatable bonds is 12. The number of carboxylic acids is 2. The molecule has 0 aliphatic carbocycles. The lowest BCUT2D eigenvalue weighted by molar-refractivity contribution is -0.193. The third kappa shape index (κ3) is 14.0. The number of halogens is 6. The zero-order valence-corrected chi connectivity index (χ0v) is 30.0. The number of carbonyl (C=O) groups excluding carboxylic acids is 1. The number of amidine groups is 1. The molecule has 0 bridgehead atoms. The lowest BCUT2D eigenvalue weighted by atomic mass is 10.1. The Morgan fingerprint density at radius 3 is 1.87 bits per heavy atom. The summed E-state index contributed by atoms with van der Waals surface area (Å²) < 4.78 is 91.3. The van der Waals surface area contributed by atoms with Crippen molar-refractivity contribution < 1.29 is 59.4 Å². The number of aliphatic carboxylic acids is 2. The van der Waals surface area contributed by atoms with Crippen LogP contribution < -0.4 is 27.7 Å². The molecule has 0 aliphatic rings. The average Bonchev–Trinajstić information content (AvgIpc) is 3.05. The van der Waals surface area contributed by atoms with E-state index in [9.17, 15) is 44.3 Å². The van der Waals surface area contributed by atoms with Gasteiger partial charge in [0.2, 0.25) is 5.91 Å².